The van der Waals surface area contributed by atoms with Crippen molar-refractivity contribution < 1.29 is 0 Å². The van der Waals surface area contributed by atoms with Gasteiger partial charge in [-0.05, 0) is 25.0 Å². The second-order valence-electron chi connectivity index (χ2n) is 5.17. The fourth-order valence-electron chi connectivity index (χ4n) is 2.28. The SMILES string of the molecule is CCCCCC(CCCCC)Nc1cccnc1Cl. The highest BCUT2D eigenvalue weighted by molar-refractivity contribution is 6.31. The van der Waals surface area contributed by atoms with Crippen molar-refractivity contribution in [1.82, 2.24) is 4.98 Å². The number of aromatic nitrogens is 1. The molecule has 0 aliphatic heterocycles. The van der Waals surface area contributed by atoms with E-state index in [0.717, 1.165) is 5.69 Å². The van der Waals surface area contributed by atoms with Crippen molar-refractivity contribution in [3.63, 3.8) is 0 Å². The maximum atomic E-state index is 6.12. The molecule has 0 aromatic carbocycles. The highest BCUT2D eigenvalue weighted by Crippen LogP contribution is 2.22. The predicted molar refractivity (Wildman–Crippen MR) is 84.9 cm³/mol. The third-order valence-electron chi connectivity index (χ3n) is 3.43. The molecule has 1 aromatic heterocycles. The van der Waals surface area contributed by atoms with Gasteiger partial charge < -0.3 is 5.32 Å². The highest BCUT2D eigenvalue weighted by atomic mass is 35.5. The van der Waals surface area contributed by atoms with Crippen LogP contribution in [0.1, 0.15) is 65.2 Å². The van der Waals surface area contributed by atoms with Crippen LogP contribution in [0, 0.1) is 0 Å². The molecule has 1 N–H and O–H groups in total. The molecule has 1 heterocycles. The second kappa shape index (κ2) is 10.1. The van der Waals surface area contributed by atoms with Crippen molar-refractivity contribution in [2.24, 2.45) is 0 Å². The van der Waals surface area contributed by atoms with E-state index < -0.39 is 0 Å². The third-order valence-corrected chi connectivity index (χ3v) is 3.73. The quantitative estimate of drug-likeness (QED) is 0.441. The number of halogens is 1. The van der Waals surface area contributed by atoms with E-state index in [1.807, 2.05) is 12.1 Å². The Labute approximate surface area is 123 Å². The van der Waals surface area contributed by atoms with Gasteiger partial charge in [-0.3, -0.25) is 0 Å². The number of hydrogen-bond acceptors (Lipinski definition) is 2. The number of nitrogens with zero attached hydrogens (tertiary/aromatic N) is 1. The molecule has 0 unspecified atom stereocenters. The van der Waals surface area contributed by atoms with Crippen molar-refractivity contribution in [3.05, 3.63) is 23.5 Å². The van der Waals surface area contributed by atoms with Gasteiger partial charge in [-0.2, -0.15) is 0 Å². The summed E-state index contributed by atoms with van der Waals surface area (Å²) in [5.74, 6) is 0. The summed E-state index contributed by atoms with van der Waals surface area (Å²) >= 11 is 6.12. The van der Waals surface area contributed by atoms with Crippen LogP contribution in [0.15, 0.2) is 18.3 Å². The summed E-state index contributed by atoms with van der Waals surface area (Å²) in [6, 6.07) is 4.48. The first-order chi connectivity index (χ1) is 9.27. The fourth-order valence-corrected chi connectivity index (χ4v) is 2.46. The Hall–Kier alpha value is -0.760. The lowest BCUT2D eigenvalue weighted by molar-refractivity contribution is 0.526. The van der Waals surface area contributed by atoms with Gasteiger partial charge >= 0.3 is 0 Å². The molecule has 2 nitrogen and oxygen atoms in total. The van der Waals surface area contributed by atoms with Crippen LogP contribution >= 0.6 is 11.6 Å². The molecule has 0 atom stereocenters. The number of rotatable bonds is 10. The Morgan fingerprint density at radius 2 is 1.74 bits per heavy atom. The minimum absolute atomic E-state index is 0.528. The van der Waals surface area contributed by atoms with Gasteiger partial charge in [0.1, 0.15) is 0 Å². The summed E-state index contributed by atoms with van der Waals surface area (Å²) in [5.41, 5.74) is 0.974. The Morgan fingerprint density at radius 1 is 1.11 bits per heavy atom. The van der Waals surface area contributed by atoms with Gasteiger partial charge in [0, 0.05) is 12.2 Å². The lowest BCUT2D eigenvalue weighted by atomic mass is 10.0. The number of anilines is 1. The molecule has 1 rings (SSSR count). The van der Waals surface area contributed by atoms with Crippen molar-refractivity contribution in [2.45, 2.75) is 71.3 Å². The summed E-state index contributed by atoms with van der Waals surface area (Å²) in [5, 5.41) is 4.15. The maximum Gasteiger partial charge on any atom is 0.152 e. The molecule has 0 amide bonds. The van der Waals surface area contributed by atoms with Crippen LogP contribution in [0.4, 0.5) is 5.69 Å². The topological polar surface area (TPSA) is 24.9 Å². The van der Waals surface area contributed by atoms with E-state index in [9.17, 15) is 0 Å². The van der Waals surface area contributed by atoms with Gasteiger partial charge in [-0.25, -0.2) is 4.98 Å². The molecule has 0 fully saturated rings. The lowest BCUT2D eigenvalue weighted by Gasteiger charge is -2.20. The van der Waals surface area contributed by atoms with E-state index in [2.05, 4.69) is 24.1 Å². The van der Waals surface area contributed by atoms with Crippen LogP contribution < -0.4 is 5.32 Å². The number of unbranched alkanes of at least 4 members (excludes halogenated alkanes) is 4. The monoisotopic (exact) mass is 282 g/mol. The fraction of sp³-hybridized carbons (Fsp3) is 0.688. The molecular weight excluding hydrogens is 256 g/mol. The summed E-state index contributed by atoms with van der Waals surface area (Å²) < 4.78 is 0. The molecular formula is C16H27ClN2. The summed E-state index contributed by atoms with van der Waals surface area (Å²) in [6.45, 7) is 4.50. The van der Waals surface area contributed by atoms with E-state index >= 15 is 0 Å². The van der Waals surface area contributed by atoms with Crippen molar-refractivity contribution in [3.8, 4) is 0 Å². The van der Waals surface area contributed by atoms with Crippen LogP contribution in [0.25, 0.3) is 0 Å². The van der Waals surface area contributed by atoms with Crippen molar-refractivity contribution >= 4 is 17.3 Å². The van der Waals surface area contributed by atoms with E-state index in [-0.39, 0.29) is 0 Å². The zero-order valence-electron chi connectivity index (χ0n) is 12.3. The molecule has 0 saturated heterocycles. The average Bonchev–Trinajstić information content (AvgIpc) is 2.41. The predicted octanol–water partition coefficient (Wildman–Crippen LogP) is 5.68. The zero-order chi connectivity index (χ0) is 13.9. The molecule has 0 saturated carbocycles. The third kappa shape index (κ3) is 6.81. The Balaban J connectivity index is 2.49. The molecule has 1 aromatic rings. The maximum absolute atomic E-state index is 6.12. The Kier molecular flexibility index (Phi) is 8.64. The average molecular weight is 283 g/mol. The molecule has 3 heteroatoms. The molecule has 0 radical (unpaired) electrons. The van der Waals surface area contributed by atoms with E-state index in [1.165, 1.54) is 51.4 Å². The minimum Gasteiger partial charge on any atom is -0.380 e. The van der Waals surface area contributed by atoms with Gasteiger partial charge in [0.2, 0.25) is 0 Å². The summed E-state index contributed by atoms with van der Waals surface area (Å²) in [4.78, 5) is 4.13. The van der Waals surface area contributed by atoms with Gasteiger partial charge in [0.25, 0.3) is 0 Å². The standard InChI is InChI=1S/C16H27ClN2/c1-3-5-7-10-14(11-8-6-4-2)19-15-12-9-13-18-16(15)17/h9,12-14,19H,3-8,10-11H2,1-2H3. The van der Waals surface area contributed by atoms with Crippen LogP contribution in [0.5, 0.6) is 0 Å². The normalized spacial score (nSPS) is 10.9. The van der Waals surface area contributed by atoms with Gasteiger partial charge in [0.15, 0.2) is 5.15 Å². The molecule has 0 spiro atoms. The Morgan fingerprint density at radius 3 is 2.26 bits per heavy atom. The largest absolute Gasteiger partial charge is 0.380 e. The lowest BCUT2D eigenvalue weighted by Crippen LogP contribution is -2.19. The van der Waals surface area contributed by atoms with E-state index in [1.54, 1.807) is 6.20 Å². The van der Waals surface area contributed by atoms with E-state index in [4.69, 9.17) is 11.6 Å². The first kappa shape index (κ1) is 16.3. The molecule has 0 aliphatic carbocycles. The van der Waals surface area contributed by atoms with E-state index in [0.29, 0.717) is 11.2 Å². The van der Waals surface area contributed by atoms with Crippen molar-refractivity contribution in [2.75, 3.05) is 5.32 Å². The Bertz CT molecular complexity index is 331. The van der Waals surface area contributed by atoms with Crippen LogP contribution in [-0.4, -0.2) is 11.0 Å². The first-order valence-corrected chi connectivity index (χ1v) is 8.02. The number of pyridine rings is 1. The summed E-state index contributed by atoms with van der Waals surface area (Å²) in [6.07, 6.45) is 11.9. The highest BCUT2D eigenvalue weighted by Gasteiger charge is 2.10. The van der Waals surface area contributed by atoms with Crippen LogP contribution in [0.2, 0.25) is 5.15 Å². The smallest absolute Gasteiger partial charge is 0.152 e. The molecule has 0 aliphatic rings. The van der Waals surface area contributed by atoms with Gasteiger partial charge in [-0.15, -0.1) is 0 Å². The van der Waals surface area contributed by atoms with Crippen molar-refractivity contribution in [1.29, 1.82) is 0 Å². The summed E-state index contributed by atoms with van der Waals surface area (Å²) in [7, 11) is 0. The van der Waals surface area contributed by atoms with Gasteiger partial charge in [-0.1, -0.05) is 64.0 Å². The number of nitrogens with one attached hydrogen (secondary N) is 1. The number of hydrogen-bond donors (Lipinski definition) is 1. The minimum atomic E-state index is 0.528. The molecule has 0 bridgehead atoms. The first-order valence-electron chi connectivity index (χ1n) is 7.65. The molecule has 108 valence electrons. The second-order valence-corrected chi connectivity index (χ2v) is 5.53. The van der Waals surface area contributed by atoms with Gasteiger partial charge in [0.05, 0.1) is 5.69 Å². The van der Waals surface area contributed by atoms with Crippen LogP contribution in [0.3, 0.4) is 0 Å². The molecule has 19 heavy (non-hydrogen) atoms. The van der Waals surface area contributed by atoms with Crippen LogP contribution in [-0.2, 0) is 0 Å². The zero-order valence-corrected chi connectivity index (χ0v) is 13.0.